The van der Waals surface area contributed by atoms with E-state index in [1.165, 1.54) is 28.8 Å². The lowest BCUT2D eigenvalue weighted by Crippen LogP contribution is -2.44. The van der Waals surface area contributed by atoms with Crippen LogP contribution >= 0.6 is 0 Å². The molecule has 9 nitrogen and oxygen atoms in total. The van der Waals surface area contributed by atoms with Gasteiger partial charge in [0.25, 0.3) is 21.3 Å². The van der Waals surface area contributed by atoms with Crippen LogP contribution in [0.3, 0.4) is 0 Å². The number of piperazine rings is 1. The number of likely N-dealkylation sites (N-methyl/N-ethyl adjacent to an activating group) is 1. The first-order valence-electron chi connectivity index (χ1n) is 12.0. The third-order valence-electron chi connectivity index (χ3n) is 6.52. The Morgan fingerprint density at radius 3 is 2.33 bits per heavy atom. The normalized spacial score (nSPS) is 15.0. The first-order chi connectivity index (χ1) is 18.5. The van der Waals surface area contributed by atoms with E-state index in [2.05, 4.69) is 39.1 Å². The van der Waals surface area contributed by atoms with Crippen molar-refractivity contribution in [2.45, 2.75) is 16.9 Å². The molecule has 1 aliphatic heterocycles. The second kappa shape index (κ2) is 10.3. The number of hydrogen-bond donors (Lipinski definition) is 0. The molecule has 0 N–H and O–H groups in total. The molecule has 0 spiro atoms. The van der Waals surface area contributed by atoms with Crippen molar-refractivity contribution in [3.05, 3.63) is 82.8 Å². The van der Waals surface area contributed by atoms with Crippen molar-refractivity contribution < 1.29 is 26.1 Å². The molecule has 4 aromatic rings. The van der Waals surface area contributed by atoms with Crippen molar-refractivity contribution in [3.63, 3.8) is 0 Å². The Morgan fingerprint density at radius 2 is 1.64 bits per heavy atom. The number of alkyl halides is 3. The van der Waals surface area contributed by atoms with Crippen LogP contribution in [0.1, 0.15) is 5.56 Å². The van der Waals surface area contributed by atoms with E-state index in [4.69, 9.17) is 4.52 Å². The van der Waals surface area contributed by atoms with E-state index in [0.29, 0.717) is 12.1 Å². The van der Waals surface area contributed by atoms with Crippen molar-refractivity contribution >= 4 is 15.5 Å². The zero-order valence-electron chi connectivity index (χ0n) is 20.8. The highest BCUT2D eigenvalue weighted by molar-refractivity contribution is 7.92. The maximum absolute atomic E-state index is 12.8. The average molecular weight is 560 g/mol. The average Bonchev–Trinajstić information content (AvgIpc) is 3.40. The molecule has 0 radical (unpaired) electrons. The zero-order valence-corrected chi connectivity index (χ0v) is 21.6. The Labute approximate surface area is 222 Å². The van der Waals surface area contributed by atoms with Crippen molar-refractivity contribution in [3.8, 4) is 22.8 Å². The van der Waals surface area contributed by atoms with Gasteiger partial charge in [0.2, 0.25) is 5.82 Å². The van der Waals surface area contributed by atoms with E-state index >= 15 is 0 Å². The van der Waals surface area contributed by atoms with Crippen LogP contribution in [0.5, 0.6) is 0 Å². The fourth-order valence-corrected chi connectivity index (χ4v) is 5.03. The van der Waals surface area contributed by atoms with Crippen molar-refractivity contribution in [2.24, 2.45) is 0 Å². The van der Waals surface area contributed by atoms with Crippen LogP contribution in [-0.4, -0.2) is 66.8 Å². The molecule has 0 bridgehead atoms. The van der Waals surface area contributed by atoms with Gasteiger partial charge in [0, 0.05) is 49.7 Å². The predicted molar refractivity (Wildman–Crippen MR) is 138 cm³/mol. The van der Waals surface area contributed by atoms with Crippen LogP contribution in [0.4, 0.5) is 18.9 Å². The number of anilines is 1. The van der Waals surface area contributed by atoms with Crippen LogP contribution in [0.25, 0.3) is 22.8 Å². The quantitative estimate of drug-likeness (QED) is 0.353. The highest BCUT2D eigenvalue weighted by Crippen LogP contribution is 2.31. The SMILES string of the molecule is CN1CCN(c2cccc(Cn3cc(-c4nc(-c5ccc(S(=O)(=O)C(F)(F)F)cc5)no4)ccc3=O)c2)CC1. The van der Waals surface area contributed by atoms with E-state index in [9.17, 15) is 26.4 Å². The zero-order chi connectivity index (χ0) is 27.8. The van der Waals surface area contributed by atoms with Gasteiger partial charge in [-0.05, 0) is 55.1 Å². The van der Waals surface area contributed by atoms with E-state index in [0.717, 1.165) is 49.6 Å². The molecular formula is C26H24F3N5O4S. The van der Waals surface area contributed by atoms with Crippen LogP contribution in [-0.2, 0) is 16.4 Å². The molecular weight excluding hydrogens is 535 g/mol. The molecule has 1 saturated heterocycles. The topological polar surface area (TPSA) is 102 Å². The maximum atomic E-state index is 12.8. The van der Waals surface area contributed by atoms with Gasteiger partial charge >= 0.3 is 5.51 Å². The molecule has 3 heterocycles. The minimum absolute atomic E-state index is 0.0542. The molecule has 1 fully saturated rings. The smallest absolute Gasteiger partial charge is 0.369 e. The fourth-order valence-electron chi connectivity index (χ4n) is 4.27. The molecule has 5 rings (SSSR count). The molecule has 39 heavy (non-hydrogen) atoms. The Kier molecular flexibility index (Phi) is 7.03. The Balaban J connectivity index is 1.35. The summed E-state index contributed by atoms with van der Waals surface area (Å²) in [7, 11) is -3.36. The van der Waals surface area contributed by atoms with Gasteiger partial charge in [-0.15, -0.1) is 0 Å². The van der Waals surface area contributed by atoms with Gasteiger partial charge in [-0.3, -0.25) is 4.79 Å². The van der Waals surface area contributed by atoms with E-state index in [-0.39, 0.29) is 22.8 Å². The number of rotatable bonds is 6. The molecule has 13 heteroatoms. The minimum Gasteiger partial charge on any atom is -0.369 e. The predicted octanol–water partition coefficient (Wildman–Crippen LogP) is 3.66. The van der Waals surface area contributed by atoms with E-state index < -0.39 is 20.2 Å². The van der Waals surface area contributed by atoms with Crippen molar-refractivity contribution in [2.75, 3.05) is 38.1 Å². The fraction of sp³-hybridized carbons (Fsp3) is 0.269. The molecule has 2 aromatic heterocycles. The Morgan fingerprint density at radius 1 is 0.949 bits per heavy atom. The van der Waals surface area contributed by atoms with Gasteiger partial charge in [-0.25, -0.2) is 8.42 Å². The summed E-state index contributed by atoms with van der Waals surface area (Å²) in [6.07, 6.45) is 1.60. The summed E-state index contributed by atoms with van der Waals surface area (Å²) < 4.78 is 68.4. The number of aromatic nitrogens is 3. The maximum Gasteiger partial charge on any atom is 0.501 e. The number of halogens is 3. The summed E-state index contributed by atoms with van der Waals surface area (Å²) in [4.78, 5) is 20.6. The molecule has 2 aromatic carbocycles. The second-order valence-electron chi connectivity index (χ2n) is 9.24. The van der Waals surface area contributed by atoms with Gasteiger partial charge in [-0.2, -0.15) is 18.2 Å². The molecule has 0 unspecified atom stereocenters. The summed E-state index contributed by atoms with van der Waals surface area (Å²) in [5, 5.41) is 3.85. The molecule has 0 amide bonds. The lowest BCUT2D eigenvalue weighted by molar-refractivity contribution is -0.0436. The van der Waals surface area contributed by atoms with Crippen LogP contribution in [0.15, 0.2) is 81.1 Å². The van der Waals surface area contributed by atoms with Gasteiger partial charge < -0.3 is 18.9 Å². The highest BCUT2D eigenvalue weighted by Gasteiger charge is 2.46. The van der Waals surface area contributed by atoms with Gasteiger partial charge in [-0.1, -0.05) is 17.3 Å². The number of hydrogen-bond acceptors (Lipinski definition) is 8. The van der Waals surface area contributed by atoms with Crippen LogP contribution < -0.4 is 10.5 Å². The summed E-state index contributed by atoms with van der Waals surface area (Å²) in [6, 6.07) is 15.0. The van der Waals surface area contributed by atoms with E-state index in [1.54, 1.807) is 6.20 Å². The summed E-state index contributed by atoms with van der Waals surface area (Å²) in [5.74, 6) is 0.149. The van der Waals surface area contributed by atoms with Gasteiger partial charge in [0.1, 0.15) is 0 Å². The largest absolute Gasteiger partial charge is 0.501 e. The highest BCUT2D eigenvalue weighted by atomic mass is 32.2. The number of benzene rings is 2. The monoisotopic (exact) mass is 559 g/mol. The molecule has 0 saturated carbocycles. The summed E-state index contributed by atoms with van der Waals surface area (Å²) in [5.41, 5.74) is -2.83. The molecule has 0 aliphatic carbocycles. The first-order valence-corrected chi connectivity index (χ1v) is 13.5. The molecule has 204 valence electrons. The third kappa shape index (κ3) is 5.59. The van der Waals surface area contributed by atoms with Crippen molar-refractivity contribution in [1.82, 2.24) is 19.6 Å². The number of sulfone groups is 1. The van der Waals surface area contributed by atoms with Gasteiger partial charge in [0.05, 0.1) is 17.0 Å². The summed E-state index contributed by atoms with van der Waals surface area (Å²) in [6.45, 7) is 4.14. The standard InChI is InChI=1S/C26H24F3N5O4S/c1-32-11-13-33(14-12-32)21-4-2-3-18(15-21)16-34-17-20(7-10-23(34)35)25-30-24(31-38-25)19-5-8-22(9-6-19)39(36,37)26(27,28)29/h2-10,15,17H,11-14,16H2,1H3. The number of nitrogens with zero attached hydrogens (tertiary/aromatic N) is 5. The third-order valence-corrected chi connectivity index (χ3v) is 8.02. The summed E-state index contributed by atoms with van der Waals surface area (Å²) >= 11 is 0. The molecule has 1 aliphatic rings. The van der Waals surface area contributed by atoms with Gasteiger partial charge in [0.15, 0.2) is 0 Å². The Hall–Kier alpha value is -3.97. The lowest BCUT2D eigenvalue weighted by Gasteiger charge is -2.34. The van der Waals surface area contributed by atoms with Crippen LogP contribution in [0.2, 0.25) is 0 Å². The minimum atomic E-state index is -5.46. The van der Waals surface area contributed by atoms with Crippen LogP contribution in [0, 0.1) is 0 Å². The lowest BCUT2D eigenvalue weighted by atomic mass is 10.1. The van der Waals surface area contributed by atoms with E-state index in [1.807, 2.05) is 12.1 Å². The Bertz CT molecular complexity index is 1640. The second-order valence-corrected chi connectivity index (χ2v) is 11.2. The molecule has 0 atom stereocenters. The first kappa shape index (κ1) is 26.6. The number of pyridine rings is 1. The van der Waals surface area contributed by atoms with Crippen molar-refractivity contribution in [1.29, 1.82) is 0 Å².